The zero-order valence-electron chi connectivity index (χ0n) is 12.5. The van der Waals surface area contributed by atoms with Crippen LogP contribution in [0.1, 0.15) is 0 Å². The molecule has 0 bridgehead atoms. The summed E-state index contributed by atoms with van der Waals surface area (Å²) in [5, 5.41) is 2.65. The Balaban J connectivity index is 1.51. The Morgan fingerprint density at radius 1 is 1.12 bits per heavy atom. The molecule has 2 aromatic rings. The zero-order chi connectivity index (χ0) is 16.9. The predicted octanol–water partition coefficient (Wildman–Crippen LogP) is 2.77. The van der Waals surface area contributed by atoms with Gasteiger partial charge in [-0.3, -0.25) is 4.79 Å². The lowest BCUT2D eigenvalue weighted by Gasteiger charge is -2.24. The van der Waals surface area contributed by atoms with Crippen LogP contribution < -0.4 is 14.8 Å². The van der Waals surface area contributed by atoms with Gasteiger partial charge in [-0.05, 0) is 40.2 Å². The molecule has 6 nitrogen and oxygen atoms in total. The average molecular weight is 392 g/mol. The van der Waals surface area contributed by atoms with E-state index in [0.717, 1.165) is 4.47 Å². The highest BCUT2D eigenvalue weighted by molar-refractivity contribution is 9.10. The third-order valence-electron chi connectivity index (χ3n) is 3.26. The number of benzene rings is 2. The second kappa shape index (κ2) is 7.35. The molecule has 1 N–H and O–H groups in total. The summed E-state index contributed by atoms with van der Waals surface area (Å²) in [6.07, 6.45) is -0.892. The van der Waals surface area contributed by atoms with Crippen LogP contribution in [0.4, 0.5) is 5.69 Å². The van der Waals surface area contributed by atoms with Crippen molar-refractivity contribution in [3.05, 3.63) is 53.0 Å². The van der Waals surface area contributed by atoms with Crippen molar-refractivity contribution in [2.45, 2.75) is 6.10 Å². The summed E-state index contributed by atoms with van der Waals surface area (Å²) in [6.45, 7) is -0.358. The molecule has 1 heterocycles. The second-order valence-corrected chi connectivity index (χ2v) is 5.85. The van der Waals surface area contributed by atoms with E-state index in [-0.39, 0.29) is 6.61 Å². The van der Waals surface area contributed by atoms with Gasteiger partial charge in [0.25, 0.3) is 5.91 Å². The number of ether oxygens (including phenoxy) is 3. The Morgan fingerprint density at radius 3 is 2.62 bits per heavy atom. The molecule has 7 heteroatoms. The molecular weight excluding hydrogens is 378 g/mol. The van der Waals surface area contributed by atoms with Gasteiger partial charge in [-0.1, -0.05) is 24.3 Å². The number of rotatable bonds is 4. The van der Waals surface area contributed by atoms with Gasteiger partial charge in [-0.2, -0.15) is 0 Å². The lowest BCUT2D eigenvalue weighted by Crippen LogP contribution is -2.39. The van der Waals surface area contributed by atoms with Crippen LogP contribution in [0, 0.1) is 0 Å². The van der Waals surface area contributed by atoms with Crippen LogP contribution in [-0.4, -0.2) is 31.2 Å². The second-order valence-electron chi connectivity index (χ2n) is 5.00. The first-order valence-electron chi connectivity index (χ1n) is 7.23. The monoisotopic (exact) mass is 391 g/mol. The minimum Gasteiger partial charge on any atom is -0.485 e. The van der Waals surface area contributed by atoms with Gasteiger partial charge in [0, 0.05) is 4.47 Å². The lowest BCUT2D eigenvalue weighted by molar-refractivity contribution is -0.156. The van der Waals surface area contributed by atoms with E-state index in [1.165, 1.54) is 0 Å². The predicted molar refractivity (Wildman–Crippen MR) is 90.1 cm³/mol. The van der Waals surface area contributed by atoms with Crippen molar-refractivity contribution >= 4 is 33.5 Å². The van der Waals surface area contributed by atoms with E-state index in [1.54, 1.807) is 36.4 Å². The Bertz CT molecular complexity index is 764. The van der Waals surface area contributed by atoms with E-state index >= 15 is 0 Å². The van der Waals surface area contributed by atoms with Crippen molar-refractivity contribution in [3.8, 4) is 11.5 Å². The maximum absolute atomic E-state index is 12.0. The van der Waals surface area contributed by atoms with E-state index < -0.39 is 24.6 Å². The molecule has 2 aromatic carbocycles. The molecule has 124 valence electrons. The first kappa shape index (κ1) is 16.3. The van der Waals surface area contributed by atoms with Gasteiger partial charge in [0.05, 0.1) is 5.69 Å². The van der Waals surface area contributed by atoms with E-state index in [1.807, 2.05) is 12.1 Å². The van der Waals surface area contributed by atoms with Crippen LogP contribution in [-0.2, 0) is 14.3 Å². The summed E-state index contributed by atoms with van der Waals surface area (Å²) in [5.41, 5.74) is 0.602. The van der Waals surface area contributed by atoms with Crippen molar-refractivity contribution in [2.75, 3.05) is 18.5 Å². The van der Waals surface area contributed by atoms with E-state index in [2.05, 4.69) is 21.2 Å². The summed E-state index contributed by atoms with van der Waals surface area (Å²) in [5.74, 6) is -0.0317. The van der Waals surface area contributed by atoms with Crippen molar-refractivity contribution < 1.29 is 23.8 Å². The molecule has 1 aliphatic rings. The molecule has 0 aliphatic carbocycles. The molecule has 0 unspecified atom stereocenters. The third-order valence-corrected chi connectivity index (χ3v) is 3.96. The molecule has 0 saturated carbocycles. The fourth-order valence-corrected chi connectivity index (χ4v) is 2.50. The minimum absolute atomic E-state index is 0.0434. The lowest BCUT2D eigenvalue weighted by atomic mass is 10.2. The van der Waals surface area contributed by atoms with Crippen molar-refractivity contribution in [1.82, 2.24) is 0 Å². The van der Waals surface area contributed by atoms with Gasteiger partial charge < -0.3 is 19.5 Å². The molecule has 0 fully saturated rings. The largest absolute Gasteiger partial charge is 0.485 e. The number of carbonyl (C=O) groups excluding carboxylic acids is 2. The van der Waals surface area contributed by atoms with Crippen LogP contribution in [0.2, 0.25) is 0 Å². The number of carbonyl (C=O) groups is 2. The van der Waals surface area contributed by atoms with Gasteiger partial charge in [0.2, 0.25) is 6.10 Å². The molecular formula is C17H14BrNO5. The van der Waals surface area contributed by atoms with Crippen molar-refractivity contribution in [2.24, 2.45) is 0 Å². The Kier molecular flexibility index (Phi) is 5.00. The van der Waals surface area contributed by atoms with E-state index in [0.29, 0.717) is 17.2 Å². The van der Waals surface area contributed by atoms with Crippen LogP contribution in [0.3, 0.4) is 0 Å². The maximum atomic E-state index is 12.0. The van der Waals surface area contributed by atoms with Gasteiger partial charge in [0.1, 0.15) is 6.61 Å². The van der Waals surface area contributed by atoms with Gasteiger partial charge in [-0.15, -0.1) is 0 Å². The number of nitrogens with one attached hydrogen (secondary N) is 1. The molecule has 3 rings (SSSR count). The first-order chi connectivity index (χ1) is 11.6. The standard InChI is InChI=1S/C17H14BrNO5/c18-11-5-1-2-6-12(11)19-16(20)10-23-17(21)15-9-22-13-7-3-4-8-14(13)24-15/h1-8,15H,9-10H2,(H,19,20)/t15-/m1/s1. The Labute approximate surface area is 146 Å². The van der Waals surface area contributed by atoms with Gasteiger partial charge >= 0.3 is 5.97 Å². The molecule has 1 aliphatic heterocycles. The summed E-state index contributed by atoms with van der Waals surface area (Å²) >= 11 is 3.32. The number of fused-ring (bicyclic) bond motifs is 1. The molecule has 0 radical (unpaired) electrons. The van der Waals surface area contributed by atoms with Gasteiger partial charge in [0.15, 0.2) is 18.1 Å². The highest BCUT2D eigenvalue weighted by Gasteiger charge is 2.29. The maximum Gasteiger partial charge on any atom is 0.351 e. The number of halogens is 1. The van der Waals surface area contributed by atoms with Crippen LogP contribution in [0.15, 0.2) is 53.0 Å². The highest BCUT2D eigenvalue weighted by atomic mass is 79.9. The minimum atomic E-state index is -0.892. The smallest absolute Gasteiger partial charge is 0.351 e. The summed E-state index contributed by atoms with van der Waals surface area (Å²) in [7, 11) is 0. The number of amides is 1. The van der Waals surface area contributed by atoms with Crippen molar-refractivity contribution in [3.63, 3.8) is 0 Å². The van der Waals surface area contributed by atoms with Crippen LogP contribution >= 0.6 is 15.9 Å². The molecule has 1 amide bonds. The van der Waals surface area contributed by atoms with Gasteiger partial charge in [-0.25, -0.2) is 4.79 Å². The quantitative estimate of drug-likeness (QED) is 0.811. The molecule has 0 aromatic heterocycles. The summed E-state index contributed by atoms with van der Waals surface area (Å²) in [4.78, 5) is 23.9. The molecule has 1 atom stereocenters. The normalized spacial score (nSPS) is 15.5. The first-order valence-corrected chi connectivity index (χ1v) is 8.02. The third kappa shape index (κ3) is 3.86. The number of hydrogen-bond donors (Lipinski definition) is 1. The number of esters is 1. The molecule has 24 heavy (non-hydrogen) atoms. The average Bonchev–Trinajstić information content (AvgIpc) is 2.61. The van der Waals surface area contributed by atoms with Crippen molar-refractivity contribution in [1.29, 1.82) is 0 Å². The van der Waals surface area contributed by atoms with E-state index in [9.17, 15) is 9.59 Å². The van der Waals surface area contributed by atoms with Crippen LogP contribution in [0.25, 0.3) is 0 Å². The summed E-state index contributed by atoms with van der Waals surface area (Å²) < 4.78 is 16.7. The molecule has 0 spiro atoms. The summed E-state index contributed by atoms with van der Waals surface area (Å²) in [6, 6.07) is 14.2. The Hall–Kier alpha value is -2.54. The number of anilines is 1. The zero-order valence-corrected chi connectivity index (χ0v) is 14.1. The fourth-order valence-electron chi connectivity index (χ4n) is 2.11. The van der Waals surface area contributed by atoms with E-state index in [4.69, 9.17) is 14.2 Å². The molecule has 0 saturated heterocycles. The fraction of sp³-hybridized carbons (Fsp3) is 0.176. The number of hydrogen-bond acceptors (Lipinski definition) is 5. The number of para-hydroxylation sites is 3. The topological polar surface area (TPSA) is 73.9 Å². The van der Waals surface area contributed by atoms with Crippen LogP contribution in [0.5, 0.6) is 11.5 Å². The Morgan fingerprint density at radius 2 is 1.83 bits per heavy atom. The highest BCUT2D eigenvalue weighted by Crippen LogP contribution is 2.31. The SMILES string of the molecule is O=C(COC(=O)[C@H]1COc2ccccc2O1)Nc1ccccc1Br.